The fraction of sp³-hybridized carbons (Fsp3) is 0.467. The molecule has 0 amide bonds. The van der Waals surface area contributed by atoms with Gasteiger partial charge in [-0.1, -0.05) is 13.3 Å². The minimum atomic E-state index is -0.529. The van der Waals surface area contributed by atoms with Crippen molar-refractivity contribution in [3.8, 4) is 5.75 Å². The highest BCUT2D eigenvalue weighted by Gasteiger charge is 2.17. The Bertz CT molecular complexity index is 608. The Labute approximate surface area is 135 Å². The first-order valence-corrected chi connectivity index (χ1v) is 7.56. The summed E-state index contributed by atoms with van der Waals surface area (Å²) in [6.07, 6.45) is 4.30. The number of aliphatic hydroxyl groups is 1. The van der Waals surface area contributed by atoms with Crippen LogP contribution < -0.4 is 15.8 Å². The molecule has 0 spiro atoms. The summed E-state index contributed by atoms with van der Waals surface area (Å²) in [6, 6.07) is 3.45. The van der Waals surface area contributed by atoms with Crippen molar-refractivity contribution in [1.82, 2.24) is 20.2 Å². The summed E-state index contributed by atoms with van der Waals surface area (Å²) in [5.41, 5.74) is 6.35. The highest BCUT2D eigenvalue weighted by molar-refractivity contribution is 5.52. The second-order valence-electron chi connectivity index (χ2n) is 5.22. The molecule has 2 heterocycles. The number of hydrogen-bond donors (Lipinski definition) is 3. The predicted octanol–water partition coefficient (Wildman–Crippen LogP) is 1.39. The summed E-state index contributed by atoms with van der Waals surface area (Å²) in [6.45, 7) is 4.03. The normalized spacial score (nSPS) is 13.3. The van der Waals surface area contributed by atoms with Gasteiger partial charge in [0.05, 0.1) is 18.3 Å². The molecule has 0 bridgehead atoms. The van der Waals surface area contributed by atoms with Gasteiger partial charge in [0, 0.05) is 6.20 Å². The zero-order valence-corrected chi connectivity index (χ0v) is 13.3. The third kappa shape index (κ3) is 5.03. The molecule has 0 saturated heterocycles. The van der Waals surface area contributed by atoms with Gasteiger partial charge in [0.1, 0.15) is 12.3 Å². The third-order valence-corrected chi connectivity index (χ3v) is 3.28. The number of aromatic nitrogens is 4. The second kappa shape index (κ2) is 8.23. The maximum Gasteiger partial charge on any atom is 0.222 e. The molecule has 8 nitrogen and oxygen atoms in total. The molecule has 0 fully saturated rings. The first-order valence-electron chi connectivity index (χ1n) is 7.56. The van der Waals surface area contributed by atoms with Crippen molar-refractivity contribution in [2.45, 2.75) is 45.4 Å². The fourth-order valence-electron chi connectivity index (χ4n) is 2.08. The quantitative estimate of drug-likeness (QED) is 0.668. The number of ether oxygens (including phenoxy) is 1. The van der Waals surface area contributed by atoms with E-state index in [1.54, 1.807) is 19.2 Å². The molecule has 0 aromatic carbocycles. The maximum atomic E-state index is 9.88. The van der Waals surface area contributed by atoms with Crippen molar-refractivity contribution in [3.63, 3.8) is 0 Å². The topological polar surface area (TPSA) is 119 Å². The van der Waals surface area contributed by atoms with Gasteiger partial charge in [0.2, 0.25) is 5.95 Å². The van der Waals surface area contributed by atoms with E-state index in [1.807, 2.05) is 6.07 Å². The molecule has 2 atom stereocenters. The number of aliphatic hydroxyl groups excluding tert-OH is 1. The average molecular weight is 318 g/mol. The number of nitrogens with zero attached hydrogens (tertiary/aromatic N) is 4. The van der Waals surface area contributed by atoms with Crippen LogP contribution in [0, 0.1) is 0 Å². The molecule has 0 aliphatic carbocycles. The number of nitrogens with two attached hydrogens (primary N) is 1. The van der Waals surface area contributed by atoms with Gasteiger partial charge in [-0.25, -0.2) is 4.98 Å². The van der Waals surface area contributed by atoms with E-state index >= 15 is 0 Å². The Kier molecular flexibility index (Phi) is 6.04. The lowest BCUT2D eigenvalue weighted by Crippen LogP contribution is -2.32. The fourth-order valence-corrected chi connectivity index (χ4v) is 2.08. The van der Waals surface area contributed by atoms with E-state index in [1.165, 1.54) is 6.20 Å². The van der Waals surface area contributed by atoms with Crippen LogP contribution in [-0.2, 0) is 6.61 Å². The Morgan fingerprint density at radius 3 is 2.91 bits per heavy atom. The van der Waals surface area contributed by atoms with Gasteiger partial charge in [0.25, 0.3) is 0 Å². The molecular formula is C15H22N6O2. The molecule has 2 aromatic heterocycles. The number of anilines is 2. The van der Waals surface area contributed by atoms with Gasteiger partial charge >= 0.3 is 0 Å². The smallest absolute Gasteiger partial charge is 0.222 e. The van der Waals surface area contributed by atoms with Crippen molar-refractivity contribution < 1.29 is 9.84 Å². The molecule has 0 aliphatic rings. The van der Waals surface area contributed by atoms with E-state index in [4.69, 9.17) is 10.5 Å². The van der Waals surface area contributed by atoms with E-state index in [0.29, 0.717) is 17.3 Å². The van der Waals surface area contributed by atoms with Crippen molar-refractivity contribution in [2.75, 3.05) is 11.1 Å². The van der Waals surface area contributed by atoms with Crippen LogP contribution in [0.25, 0.3) is 0 Å². The Balaban J connectivity index is 2.13. The van der Waals surface area contributed by atoms with Crippen molar-refractivity contribution in [2.24, 2.45) is 0 Å². The molecule has 8 heteroatoms. The van der Waals surface area contributed by atoms with Crippen LogP contribution in [0.2, 0.25) is 0 Å². The van der Waals surface area contributed by atoms with Crippen LogP contribution in [0.3, 0.4) is 0 Å². The van der Waals surface area contributed by atoms with Gasteiger partial charge in [-0.05, 0) is 25.5 Å². The van der Waals surface area contributed by atoms with Gasteiger partial charge in [-0.3, -0.25) is 0 Å². The zero-order valence-electron chi connectivity index (χ0n) is 13.3. The Hall–Kier alpha value is -2.48. The lowest BCUT2D eigenvalue weighted by Gasteiger charge is -2.22. The average Bonchev–Trinajstić information content (AvgIpc) is 2.54. The summed E-state index contributed by atoms with van der Waals surface area (Å²) in [7, 11) is 0. The summed E-state index contributed by atoms with van der Waals surface area (Å²) in [5.74, 6) is 1.05. The third-order valence-electron chi connectivity index (χ3n) is 3.28. The standard InChI is InChI=1S/C15H22N6O2/c1-3-5-12(10(2)22)19-14-13(8-17-15(16)20-14)23-9-11-6-4-7-18-21-11/h4,6-8,10,12,22H,3,5,9H2,1-2H3,(H3,16,17,19,20). The molecular weight excluding hydrogens is 296 g/mol. The second-order valence-corrected chi connectivity index (χ2v) is 5.22. The zero-order chi connectivity index (χ0) is 16.7. The first-order chi connectivity index (χ1) is 11.1. The molecule has 0 radical (unpaired) electrons. The SMILES string of the molecule is CCCC(Nc1nc(N)ncc1OCc1cccnn1)C(C)O. The molecule has 124 valence electrons. The molecule has 2 rings (SSSR count). The molecule has 0 saturated carbocycles. The van der Waals surface area contributed by atoms with E-state index < -0.39 is 6.10 Å². The van der Waals surface area contributed by atoms with Crippen molar-refractivity contribution in [1.29, 1.82) is 0 Å². The number of rotatable bonds is 8. The molecule has 0 aliphatic heterocycles. The van der Waals surface area contributed by atoms with Crippen molar-refractivity contribution in [3.05, 3.63) is 30.2 Å². The predicted molar refractivity (Wildman–Crippen MR) is 86.8 cm³/mol. The van der Waals surface area contributed by atoms with Crippen LogP contribution in [0.4, 0.5) is 11.8 Å². The van der Waals surface area contributed by atoms with Gasteiger partial charge in [-0.2, -0.15) is 15.2 Å². The largest absolute Gasteiger partial charge is 0.482 e. The first kappa shape index (κ1) is 16.9. The minimum absolute atomic E-state index is 0.139. The molecule has 2 aromatic rings. The van der Waals surface area contributed by atoms with Crippen LogP contribution in [0.15, 0.2) is 24.5 Å². The summed E-state index contributed by atoms with van der Waals surface area (Å²) in [5, 5.41) is 20.8. The van der Waals surface area contributed by atoms with Crippen LogP contribution in [-0.4, -0.2) is 37.4 Å². The summed E-state index contributed by atoms with van der Waals surface area (Å²) >= 11 is 0. The molecule has 2 unspecified atom stereocenters. The van der Waals surface area contributed by atoms with Crippen LogP contribution in [0.5, 0.6) is 5.75 Å². The van der Waals surface area contributed by atoms with E-state index in [0.717, 1.165) is 12.8 Å². The summed E-state index contributed by atoms with van der Waals surface area (Å²) < 4.78 is 5.71. The van der Waals surface area contributed by atoms with Crippen LogP contribution in [0.1, 0.15) is 32.4 Å². The lowest BCUT2D eigenvalue weighted by atomic mass is 10.1. The van der Waals surface area contributed by atoms with Gasteiger partial charge in [0.15, 0.2) is 11.6 Å². The van der Waals surface area contributed by atoms with Gasteiger partial charge < -0.3 is 20.9 Å². The van der Waals surface area contributed by atoms with Gasteiger partial charge in [-0.15, -0.1) is 0 Å². The number of nitrogens with one attached hydrogen (secondary N) is 1. The Morgan fingerprint density at radius 1 is 1.43 bits per heavy atom. The monoisotopic (exact) mass is 318 g/mol. The minimum Gasteiger partial charge on any atom is -0.482 e. The lowest BCUT2D eigenvalue weighted by molar-refractivity contribution is 0.166. The maximum absolute atomic E-state index is 9.88. The van der Waals surface area contributed by atoms with E-state index in [2.05, 4.69) is 32.4 Å². The van der Waals surface area contributed by atoms with Crippen molar-refractivity contribution >= 4 is 11.8 Å². The number of nitrogen functional groups attached to an aromatic ring is 1. The van der Waals surface area contributed by atoms with E-state index in [-0.39, 0.29) is 18.6 Å². The Morgan fingerprint density at radius 2 is 2.26 bits per heavy atom. The number of hydrogen-bond acceptors (Lipinski definition) is 8. The van der Waals surface area contributed by atoms with E-state index in [9.17, 15) is 5.11 Å². The molecule has 4 N–H and O–H groups in total. The highest BCUT2D eigenvalue weighted by atomic mass is 16.5. The highest BCUT2D eigenvalue weighted by Crippen LogP contribution is 2.24. The van der Waals surface area contributed by atoms with Crippen LogP contribution >= 0.6 is 0 Å². The summed E-state index contributed by atoms with van der Waals surface area (Å²) in [4.78, 5) is 8.13. The molecule has 23 heavy (non-hydrogen) atoms.